The first-order valence-corrected chi connectivity index (χ1v) is 7.65. The number of amides is 1. The van der Waals surface area contributed by atoms with Gasteiger partial charge in [-0.05, 0) is 40.8 Å². The number of nitrogens with zero attached hydrogens (tertiary/aromatic N) is 2. The molecule has 1 aromatic carbocycles. The van der Waals surface area contributed by atoms with Crippen LogP contribution in [0, 0.1) is 9.39 Å². The number of rotatable bonds is 4. The fourth-order valence-corrected chi connectivity index (χ4v) is 2.68. The average molecular weight is 392 g/mol. The van der Waals surface area contributed by atoms with Crippen molar-refractivity contribution in [3.8, 4) is 0 Å². The lowest BCUT2D eigenvalue weighted by Crippen LogP contribution is -2.49. The van der Waals surface area contributed by atoms with Gasteiger partial charge in [-0.25, -0.2) is 4.39 Å². The van der Waals surface area contributed by atoms with E-state index in [2.05, 4.69) is 4.90 Å². The molecule has 1 saturated heterocycles. The van der Waals surface area contributed by atoms with Gasteiger partial charge in [0.1, 0.15) is 5.82 Å². The molecule has 0 N–H and O–H groups in total. The Balaban J connectivity index is 1.94. The molecule has 0 atom stereocenters. The van der Waals surface area contributed by atoms with E-state index in [1.807, 2.05) is 22.6 Å². The third-order valence-corrected chi connectivity index (χ3v) is 4.10. The van der Waals surface area contributed by atoms with E-state index in [1.54, 1.807) is 24.1 Å². The Hall–Kier alpha value is -0.730. The van der Waals surface area contributed by atoms with E-state index >= 15 is 0 Å². The molecule has 4 nitrogen and oxygen atoms in total. The second-order valence-corrected chi connectivity index (χ2v) is 6.00. The first-order chi connectivity index (χ1) is 9.61. The molecule has 1 fully saturated rings. The summed E-state index contributed by atoms with van der Waals surface area (Å²) in [5, 5.41) is 0. The molecule has 1 aliphatic rings. The lowest BCUT2D eigenvalue weighted by atomic mass is 10.1. The molecule has 110 valence electrons. The highest BCUT2D eigenvalue weighted by Crippen LogP contribution is 2.15. The van der Waals surface area contributed by atoms with Crippen LogP contribution in [0.2, 0.25) is 0 Å². The van der Waals surface area contributed by atoms with Gasteiger partial charge in [0.15, 0.2) is 0 Å². The highest BCUT2D eigenvalue weighted by atomic mass is 127. The number of hydrogen-bond acceptors (Lipinski definition) is 3. The minimum Gasteiger partial charge on any atom is -0.383 e. The largest absolute Gasteiger partial charge is 0.383 e. The summed E-state index contributed by atoms with van der Waals surface area (Å²) >= 11 is 2.03. The van der Waals surface area contributed by atoms with E-state index in [-0.39, 0.29) is 11.5 Å². The van der Waals surface area contributed by atoms with Crippen molar-refractivity contribution in [3.05, 3.63) is 33.1 Å². The molecule has 2 rings (SSSR count). The molecular weight excluding hydrogens is 374 g/mol. The van der Waals surface area contributed by atoms with Gasteiger partial charge < -0.3 is 9.64 Å². The lowest BCUT2D eigenvalue weighted by molar-refractivity contribution is 0.0590. The van der Waals surface area contributed by atoms with Gasteiger partial charge in [-0.15, -0.1) is 0 Å². The molecule has 0 spiro atoms. The van der Waals surface area contributed by atoms with Crippen LogP contribution in [-0.2, 0) is 4.74 Å². The zero-order chi connectivity index (χ0) is 14.5. The van der Waals surface area contributed by atoms with Crippen LogP contribution >= 0.6 is 22.6 Å². The van der Waals surface area contributed by atoms with Gasteiger partial charge in [0.25, 0.3) is 5.91 Å². The molecular formula is C14H18FIN2O2. The Labute approximate surface area is 132 Å². The number of benzene rings is 1. The summed E-state index contributed by atoms with van der Waals surface area (Å²) in [7, 11) is 1.68. The van der Waals surface area contributed by atoms with Crippen molar-refractivity contribution in [2.24, 2.45) is 0 Å². The summed E-state index contributed by atoms with van der Waals surface area (Å²) in [5.41, 5.74) is 0.163. The van der Waals surface area contributed by atoms with Crippen LogP contribution in [-0.4, -0.2) is 62.1 Å². The summed E-state index contributed by atoms with van der Waals surface area (Å²) in [4.78, 5) is 16.3. The first kappa shape index (κ1) is 15.7. The maximum absolute atomic E-state index is 13.8. The number of carbonyl (C=O) groups is 1. The third kappa shape index (κ3) is 3.89. The summed E-state index contributed by atoms with van der Waals surface area (Å²) in [6.45, 7) is 4.44. The van der Waals surface area contributed by atoms with Crippen molar-refractivity contribution in [2.45, 2.75) is 0 Å². The Morgan fingerprint density at radius 1 is 1.35 bits per heavy atom. The van der Waals surface area contributed by atoms with Crippen molar-refractivity contribution in [1.29, 1.82) is 0 Å². The van der Waals surface area contributed by atoms with Crippen LogP contribution in [0.3, 0.4) is 0 Å². The standard InChI is InChI=1S/C14H18FIN2O2/c1-20-9-8-17-4-6-18(7-5-17)14(19)12-3-2-11(16)10-13(12)15/h2-3,10H,4-9H2,1H3. The number of carbonyl (C=O) groups excluding carboxylic acids is 1. The van der Waals surface area contributed by atoms with Crippen molar-refractivity contribution >= 4 is 28.5 Å². The zero-order valence-corrected chi connectivity index (χ0v) is 13.6. The van der Waals surface area contributed by atoms with E-state index in [4.69, 9.17) is 4.74 Å². The topological polar surface area (TPSA) is 32.8 Å². The molecule has 1 amide bonds. The molecule has 6 heteroatoms. The SMILES string of the molecule is COCCN1CCN(C(=O)c2ccc(I)cc2F)CC1. The summed E-state index contributed by atoms with van der Waals surface area (Å²) in [6, 6.07) is 4.71. The average Bonchev–Trinajstić information content (AvgIpc) is 2.45. The van der Waals surface area contributed by atoms with Crippen LogP contribution in [0.15, 0.2) is 18.2 Å². The van der Waals surface area contributed by atoms with Gasteiger partial charge >= 0.3 is 0 Å². The molecule has 20 heavy (non-hydrogen) atoms. The molecule has 1 aromatic rings. The van der Waals surface area contributed by atoms with Gasteiger partial charge in [-0.1, -0.05) is 0 Å². The van der Waals surface area contributed by atoms with E-state index < -0.39 is 5.82 Å². The van der Waals surface area contributed by atoms with Crippen LogP contribution in [0.25, 0.3) is 0 Å². The summed E-state index contributed by atoms with van der Waals surface area (Å²) < 4.78 is 19.7. The van der Waals surface area contributed by atoms with Crippen molar-refractivity contribution in [3.63, 3.8) is 0 Å². The molecule has 0 aromatic heterocycles. The molecule has 0 saturated carbocycles. The summed E-state index contributed by atoms with van der Waals surface area (Å²) in [5.74, 6) is -0.658. The van der Waals surface area contributed by atoms with E-state index in [0.29, 0.717) is 19.7 Å². The number of piperazine rings is 1. The van der Waals surface area contributed by atoms with E-state index in [9.17, 15) is 9.18 Å². The van der Waals surface area contributed by atoms with Crippen molar-refractivity contribution in [2.75, 3.05) is 46.4 Å². The van der Waals surface area contributed by atoms with Crippen molar-refractivity contribution < 1.29 is 13.9 Å². The maximum atomic E-state index is 13.8. The number of halogens is 2. The molecule has 0 unspecified atom stereocenters. The Morgan fingerprint density at radius 3 is 2.65 bits per heavy atom. The van der Waals surface area contributed by atoms with E-state index in [1.165, 1.54) is 6.07 Å². The monoisotopic (exact) mass is 392 g/mol. The predicted octanol–water partition coefficient (Wildman–Crippen LogP) is 1.83. The highest BCUT2D eigenvalue weighted by molar-refractivity contribution is 14.1. The second-order valence-electron chi connectivity index (χ2n) is 4.75. The second kappa shape index (κ2) is 7.33. The van der Waals surface area contributed by atoms with Crippen LogP contribution in [0.5, 0.6) is 0 Å². The smallest absolute Gasteiger partial charge is 0.256 e. The lowest BCUT2D eigenvalue weighted by Gasteiger charge is -2.34. The Bertz CT molecular complexity index is 476. The number of hydrogen-bond donors (Lipinski definition) is 0. The van der Waals surface area contributed by atoms with Crippen LogP contribution in [0.1, 0.15) is 10.4 Å². The molecule has 1 aliphatic heterocycles. The molecule has 0 aliphatic carbocycles. The van der Waals surface area contributed by atoms with Gasteiger partial charge in [0.05, 0.1) is 12.2 Å². The maximum Gasteiger partial charge on any atom is 0.256 e. The highest BCUT2D eigenvalue weighted by Gasteiger charge is 2.23. The molecule has 0 bridgehead atoms. The van der Waals surface area contributed by atoms with Gasteiger partial charge in [-0.3, -0.25) is 9.69 Å². The van der Waals surface area contributed by atoms with Gasteiger partial charge in [0.2, 0.25) is 0 Å². The quantitative estimate of drug-likeness (QED) is 0.734. The van der Waals surface area contributed by atoms with Crippen molar-refractivity contribution in [1.82, 2.24) is 9.80 Å². The Morgan fingerprint density at radius 2 is 2.05 bits per heavy atom. The first-order valence-electron chi connectivity index (χ1n) is 6.57. The predicted molar refractivity (Wildman–Crippen MR) is 83.3 cm³/mol. The zero-order valence-electron chi connectivity index (χ0n) is 11.4. The molecule has 0 radical (unpaired) electrons. The minimum atomic E-state index is -0.441. The van der Waals surface area contributed by atoms with Crippen LogP contribution < -0.4 is 0 Å². The summed E-state index contributed by atoms with van der Waals surface area (Å²) in [6.07, 6.45) is 0. The molecule has 1 heterocycles. The van der Waals surface area contributed by atoms with Gasteiger partial charge in [-0.2, -0.15) is 0 Å². The fraction of sp³-hybridized carbons (Fsp3) is 0.500. The van der Waals surface area contributed by atoms with Gasteiger partial charge in [0, 0.05) is 43.4 Å². The fourth-order valence-electron chi connectivity index (χ4n) is 2.23. The third-order valence-electron chi connectivity index (χ3n) is 3.43. The number of ether oxygens (including phenoxy) is 1. The minimum absolute atomic E-state index is 0.163. The number of methoxy groups -OCH3 is 1. The van der Waals surface area contributed by atoms with Crippen LogP contribution in [0.4, 0.5) is 4.39 Å². The Kier molecular flexibility index (Phi) is 5.74. The van der Waals surface area contributed by atoms with E-state index in [0.717, 1.165) is 23.2 Å². The normalized spacial score (nSPS) is 16.4.